The number of carbonyl (C=O) groups excluding carboxylic acids is 1. The van der Waals surface area contributed by atoms with Crippen molar-refractivity contribution in [2.45, 2.75) is 19.9 Å². The molecular weight excluding hydrogens is 226 g/mol. The summed E-state index contributed by atoms with van der Waals surface area (Å²) in [5.41, 5.74) is 2.12. The average molecular weight is 245 g/mol. The fourth-order valence-corrected chi connectivity index (χ4v) is 1.67. The van der Waals surface area contributed by atoms with E-state index in [9.17, 15) is 9.59 Å². The first-order valence-electron chi connectivity index (χ1n) is 5.63. The summed E-state index contributed by atoms with van der Waals surface area (Å²) < 4.78 is 0. The molecule has 0 bridgehead atoms. The van der Waals surface area contributed by atoms with Crippen LogP contribution in [0.3, 0.4) is 0 Å². The molecule has 1 fully saturated rings. The third kappa shape index (κ3) is 4.58. The maximum absolute atomic E-state index is 11.5. The van der Waals surface area contributed by atoms with Crippen LogP contribution in [-0.2, 0) is 9.63 Å². The standard InChI is InChI=1S/C10H19N3O4/c1-8(2)12-3-5-13(6-4-12)10(16)11-17-7-9(14)15/h8H,3-7H2,1-2H3,(H,11,16)(H,14,15). The molecule has 0 atom stereocenters. The number of hydroxylamine groups is 1. The van der Waals surface area contributed by atoms with Crippen molar-refractivity contribution >= 4 is 12.0 Å². The highest BCUT2D eigenvalue weighted by molar-refractivity contribution is 5.73. The number of hydrogen-bond acceptors (Lipinski definition) is 4. The topological polar surface area (TPSA) is 82.1 Å². The summed E-state index contributed by atoms with van der Waals surface area (Å²) in [5.74, 6) is -1.12. The third-order valence-electron chi connectivity index (χ3n) is 2.69. The maximum Gasteiger partial charge on any atom is 0.341 e. The Hall–Kier alpha value is -1.34. The number of nitrogens with one attached hydrogen (secondary N) is 1. The Bertz CT molecular complexity index is 275. The number of urea groups is 1. The Morgan fingerprint density at radius 1 is 1.29 bits per heavy atom. The lowest BCUT2D eigenvalue weighted by molar-refractivity contribution is -0.144. The minimum atomic E-state index is -1.12. The lowest BCUT2D eigenvalue weighted by atomic mass is 10.2. The zero-order valence-electron chi connectivity index (χ0n) is 10.2. The lowest BCUT2D eigenvalue weighted by Crippen LogP contribution is -2.53. The monoisotopic (exact) mass is 245 g/mol. The average Bonchev–Trinajstić information content (AvgIpc) is 2.28. The molecule has 1 aliphatic heterocycles. The summed E-state index contributed by atoms with van der Waals surface area (Å²) in [5, 5.41) is 8.34. The lowest BCUT2D eigenvalue weighted by Gasteiger charge is -2.36. The van der Waals surface area contributed by atoms with Gasteiger partial charge in [0.25, 0.3) is 0 Å². The van der Waals surface area contributed by atoms with Crippen LogP contribution in [0.25, 0.3) is 0 Å². The van der Waals surface area contributed by atoms with Gasteiger partial charge in [-0.1, -0.05) is 0 Å². The van der Waals surface area contributed by atoms with E-state index >= 15 is 0 Å². The van der Waals surface area contributed by atoms with Crippen LogP contribution in [-0.4, -0.2) is 65.7 Å². The van der Waals surface area contributed by atoms with E-state index in [4.69, 9.17) is 5.11 Å². The molecule has 0 radical (unpaired) electrons. The molecule has 0 saturated carbocycles. The fourth-order valence-electron chi connectivity index (χ4n) is 1.67. The number of piperazine rings is 1. The van der Waals surface area contributed by atoms with Gasteiger partial charge in [-0.2, -0.15) is 0 Å². The second kappa shape index (κ2) is 6.41. The highest BCUT2D eigenvalue weighted by atomic mass is 16.7. The molecule has 0 unspecified atom stereocenters. The largest absolute Gasteiger partial charge is 0.479 e. The van der Waals surface area contributed by atoms with Crippen LogP contribution in [0.2, 0.25) is 0 Å². The van der Waals surface area contributed by atoms with Crippen molar-refractivity contribution in [1.29, 1.82) is 0 Å². The van der Waals surface area contributed by atoms with Crippen molar-refractivity contribution < 1.29 is 19.5 Å². The highest BCUT2D eigenvalue weighted by Gasteiger charge is 2.22. The van der Waals surface area contributed by atoms with Gasteiger partial charge in [0.1, 0.15) is 0 Å². The molecule has 0 aliphatic carbocycles. The van der Waals surface area contributed by atoms with Crippen molar-refractivity contribution in [3.63, 3.8) is 0 Å². The first-order valence-corrected chi connectivity index (χ1v) is 5.63. The second-order valence-electron chi connectivity index (χ2n) is 4.21. The summed E-state index contributed by atoms with van der Waals surface area (Å²) in [4.78, 5) is 30.1. The van der Waals surface area contributed by atoms with E-state index in [1.165, 1.54) is 0 Å². The minimum absolute atomic E-state index is 0.380. The molecule has 0 aromatic carbocycles. The smallest absolute Gasteiger partial charge is 0.341 e. The molecule has 7 heteroatoms. The number of aliphatic carboxylic acids is 1. The van der Waals surface area contributed by atoms with Crippen LogP contribution in [0.5, 0.6) is 0 Å². The number of rotatable bonds is 4. The summed E-state index contributed by atoms with van der Waals surface area (Å²) in [6, 6.07) is 0.0955. The third-order valence-corrected chi connectivity index (χ3v) is 2.69. The van der Waals surface area contributed by atoms with Gasteiger partial charge in [-0.05, 0) is 13.8 Å². The van der Waals surface area contributed by atoms with Gasteiger partial charge in [-0.25, -0.2) is 15.1 Å². The molecular formula is C10H19N3O4. The van der Waals surface area contributed by atoms with Crippen molar-refractivity contribution in [1.82, 2.24) is 15.3 Å². The van der Waals surface area contributed by atoms with Crippen LogP contribution in [0.15, 0.2) is 0 Å². The summed E-state index contributed by atoms with van der Waals surface area (Å²) in [6.45, 7) is 6.60. The molecule has 0 aromatic rings. The van der Waals surface area contributed by atoms with Gasteiger partial charge < -0.3 is 10.0 Å². The van der Waals surface area contributed by atoms with Crippen LogP contribution in [0.1, 0.15) is 13.8 Å². The van der Waals surface area contributed by atoms with E-state index in [2.05, 4.69) is 29.1 Å². The van der Waals surface area contributed by atoms with E-state index in [0.717, 1.165) is 13.1 Å². The van der Waals surface area contributed by atoms with Gasteiger partial charge in [0, 0.05) is 32.2 Å². The van der Waals surface area contributed by atoms with Gasteiger partial charge in [0.2, 0.25) is 0 Å². The minimum Gasteiger partial charge on any atom is -0.479 e. The van der Waals surface area contributed by atoms with Crippen molar-refractivity contribution in [3.8, 4) is 0 Å². The zero-order valence-corrected chi connectivity index (χ0v) is 10.2. The quantitative estimate of drug-likeness (QED) is 0.667. The first-order chi connectivity index (χ1) is 8.00. The molecule has 17 heavy (non-hydrogen) atoms. The molecule has 0 aromatic heterocycles. The molecule has 1 heterocycles. The van der Waals surface area contributed by atoms with Crippen LogP contribution in [0, 0.1) is 0 Å². The predicted octanol–water partition coefficient (Wildman–Crippen LogP) is -0.262. The molecule has 1 aliphatic rings. The van der Waals surface area contributed by atoms with Gasteiger partial charge in [0.05, 0.1) is 0 Å². The summed E-state index contributed by atoms with van der Waals surface area (Å²) in [6.07, 6.45) is 0. The number of hydrogen-bond donors (Lipinski definition) is 2. The van der Waals surface area contributed by atoms with Gasteiger partial charge in [-0.3, -0.25) is 9.74 Å². The predicted molar refractivity (Wildman–Crippen MR) is 60.4 cm³/mol. The van der Waals surface area contributed by atoms with E-state index in [1.807, 2.05) is 0 Å². The van der Waals surface area contributed by atoms with E-state index < -0.39 is 12.6 Å². The van der Waals surface area contributed by atoms with Crippen LogP contribution in [0.4, 0.5) is 4.79 Å². The van der Waals surface area contributed by atoms with E-state index in [1.54, 1.807) is 4.90 Å². The fraction of sp³-hybridized carbons (Fsp3) is 0.800. The molecule has 1 saturated heterocycles. The maximum atomic E-state index is 11.5. The first kappa shape index (κ1) is 13.7. The molecule has 7 nitrogen and oxygen atoms in total. The molecule has 98 valence electrons. The molecule has 2 N–H and O–H groups in total. The van der Waals surface area contributed by atoms with Gasteiger partial charge in [-0.15, -0.1) is 0 Å². The molecule has 1 rings (SSSR count). The second-order valence-corrected chi connectivity index (χ2v) is 4.21. The number of nitrogens with zero attached hydrogens (tertiary/aromatic N) is 2. The van der Waals surface area contributed by atoms with Gasteiger partial charge in [0.15, 0.2) is 6.61 Å². The highest BCUT2D eigenvalue weighted by Crippen LogP contribution is 2.05. The summed E-state index contributed by atoms with van der Waals surface area (Å²) in [7, 11) is 0. The Labute approximate surface area is 100 Å². The SMILES string of the molecule is CC(C)N1CCN(C(=O)NOCC(=O)O)CC1. The number of amides is 2. The molecule has 2 amide bonds. The van der Waals surface area contributed by atoms with Crippen LogP contribution < -0.4 is 5.48 Å². The summed E-state index contributed by atoms with van der Waals surface area (Å²) >= 11 is 0. The Balaban J connectivity index is 2.24. The van der Waals surface area contributed by atoms with Crippen LogP contribution >= 0.6 is 0 Å². The normalized spacial score (nSPS) is 17.2. The van der Waals surface area contributed by atoms with Crippen molar-refractivity contribution in [2.24, 2.45) is 0 Å². The van der Waals surface area contributed by atoms with Crippen molar-refractivity contribution in [3.05, 3.63) is 0 Å². The number of carboxylic acids is 1. The van der Waals surface area contributed by atoms with E-state index in [0.29, 0.717) is 19.1 Å². The van der Waals surface area contributed by atoms with Crippen molar-refractivity contribution in [2.75, 3.05) is 32.8 Å². The van der Waals surface area contributed by atoms with Gasteiger partial charge >= 0.3 is 12.0 Å². The zero-order chi connectivity index (χ0) is 12.8. The Morgan fingerprint density at radius 3 is 2.35 bits per heavy atom. The van der Waals surface area contributed by atoms with E-state index in [-0.39, 0.29) is 6.03 Å². The molecule has 0 spiro atoms. The number of carboxylic acid groups (broad SMARTS) is 1. The Morgan fingerprint density at radius 2 is 1.88 bits per heavy atom. The Kier molecular flexibility index (Phi) is 5.17. The number of carbonyl (C=O) groups is 2.